The highest BCUT2D eigenvalue weighted by Crippen LogP contribution is 2.22. The van der Waals surface area contributed by atoms with Crippen LogP contribution in [0.1, 0.15) is 35.3 Å². The molecule has 0 unspecified atom stereocenters. The Kier molecular flexibility index (Phi) is 6.53. The van der Waals surface area contributed by atoms with E-state index in [1.54, 1.807) is 0 Å². The van der Waals surface area contributed by atoms with Crippen LogP contribution in [-0.4, -0.2) is 48.1 Å². The molecule has 1 aliphatic rings. The van der Waals surface area contributed by atoms with E-state index in [2.05, 4.69) is 35.8 Å². The lowest BCUT2D eigenvalue weighted by Gasteiger charge is -2.44. The van der Waals surface area contributed by atoms with Crippen molar-refractivity contribution in [1.82, 2.24) is 9.80 Å². The molecule has 2 atom stereocenters. The summed E-state index contributed by atoms with van der Waals surface area (Å²) in [6.07, 6.45) is 0. The molecule has 0 radical (unpaired) electrons. The number of nitrogens with zero attached hydrogens (tertiary/aromatic N) is 2. The van der Waals surface area contributed by atoms with Crippen molar-refractivity contribution in [3.05, 3.63) is 70.2 Å². The number of hydrogen-bond acceptors (Lipinski definition) is 4. The van der Waals surface area contributed by atoms with Crippen molar-refractivity contribution in [3.8, 4) is 0 Å². The van der Waals surface area contributed by atoms with E-state index >= 15 is 0 Å². The van der Waals surface area contributed by atoms with Gasteiger partial charge in [0.1, 0.15) is 0 Å². The Balaban J connectivity index is 1.60. The zero-order valence-corrected chi connectivity index (χ0v) is 16.9. The van der Waals surface area contributed by atoms with Crippen LogP contribution in [0, 0.1) is 0 Å². The molecule has 1 aliphatic heterocycles. The number of piperazine rings is 1. The lowest BCUT2D eigenvalue weighted by molar-refractivity contribution is 0.0290. The van der Waals surface area contributed by atoms with Gasteiger partial charge in [-0.2, -0.15) is 0 Å². The number of benzene rings is 2. The molecular formula is C22H27ClN2O2. The molecule has 1 fully saturated rings. The van der Waals surface area contributed by atoms with Gasteiger partial charge in [-0.3, -0.25) is 9.80 Å². The molecule has 0 saturated carbocycles. The molecule has 2 aromatic carbocycles. The van der Waals surface area contributed by atoms with Gasteiger partial charge in [-0.25, -0.2) is 4.79 Å². The Morgan fingerprint density at radius 1 is 1.04 bits per heavy atom. The Hall–Kier alpha value is -1.88. The summed E-state index contributed by atoms with van der Waals surface area (Å²) in [4.78, 5) is 16.6. The molecule has 0 N–H and O–H groups in total. The second-order valence-corrected chi connectivity index (χ2v) is 7.82. The molecule has 0 aromatic heterocycles. The van der Waals surface area contributed by atoms with E-state index in [9.17, 15) is 4.79 Å². The Bertz CT molecular complexity index is 766. The number of hydrogen-bond donors (Lipinski definition) is 0. The molecular weight excluding hydrogens is 360 g/mol. The molecule has 0 aliphatic carbocycles. The smallest absolute Gasteiger partial charge is 0.337 e. The molecule has 0 amide bonds. The highest BCUT2D eigenvalue weighted by atomic mass is 35.5. The highest BCUT2D eigenvalue weighted by Gasteiger charge is 2.29. The second kappa shape index (κ2) is 8.87. The minimum atomic E-state index is -0.293. The summed E-state index contributed by atoms with van der Waals surface area (Å²) in [5, 5.41) is 0.793. The molecule has 5 heteroatoms. The van der Waals surface area contributed by atoms with Crippen LogP contribution in [-0.2, 0) is 17.8 Å². The summed E-state index contributed by atoms with van der Waals surface area (Å²) >= 11 is 6.13. The third-order valence-electron chi connectivity index (χ3n) is 5.21. The Morgan fingerprint density at radius 3 is 2.30 bits per heavy atom. The predicted octanol–water partition coefficient (Wildman–Crippen LogP) is 4.22. The average Bonchev–Trinajstić information content (AvgIpc) is 2.65. The summed E-state index contributed by atoms with van der Waals surface area (Å²) < 4.78 is 4.76. The van der Waals surface area contributed by atoms with Gasteiger partial charge in [-0.15, -0.1) is 0 Å². The van der Waals surface area contributed by atoms with Crippen molar-refractivity contribution in [2.75, 3.05) is 20.2 Å². The monoisotopic (exact) mass is 386 g/mol. The predicted molar refractivity (Wildman–Crippen MR) is 109 cm³/mol. The van der Waals surface area contributed by atoms with Crippen LogP contribution in [0.4, 0.5) is 0 Å². The van der Waals surface area contributed by atoms with E-state index in [0.717, 1.165) is 31.2 Å². The van der Waals surface area contributed by atoms with E-state index in [4.69, 9.17) is 16.3 Å². The molecule has 1 heterocycles. The van der Waals surface area contributed by atoms with Crippen molar-refractivity contribution in [3.63, 3.8) is 0 Å². The number of rotatable bonds is 5. The second-order valence-electron chi connectivity index (χ2n) is 7.38. The minimum absolute atomic E-state index is 0.293. The van der Waals surface area contributed by atoms with Crippen LogP contribution in [0.25, 0.3) is 0 Å². The zero-order chi connectivity index (χ0) is 19.4. The Morgan fingerprint density at radius 2 is 1.70 bits per heavy atom. The third-order valence-corrected chi connectivity index (χ3v) is 5.45. The van der Waals surface area contributed by atoms with Crippen LogP contribution in [0.3, 0.4) is 0 Å². The van der Waals surface area contributed by atoms with Gasteiger partial charge < -0.3 is 4.74 Å². The topological polar surface area (TPSA) is 32.8 Å². The van der Waals surface area contributed by atoms with Crippen molar-refractivity contribution in [2.24, 2.45) is 0 Å². The summed E-state index contributed by atoms with van der Waals surface area (Å²) in [7, 11) is 1.40. The van der Waals surface area contributed by atoms with Crippen LogP contribution in [0.2, 0.25) is 5.02 Å². The van der Waals surface area contributed by atoms with Crippen molar-refractivity contribution in [2.45, 2.75) is 39.0 Å². The maximum Gasteiger partial charge on any atom is 0.337 e. The fraction of sp³-hybridized carbons (Fsp3) is 0.409. The first kappa shape index (κ1) is 19.9. The first-order valence-corrected chi connectivity index (χ1v) is 9.74. The van der Waals surface area contributed by atoms with Gasteiger partial charge in [0, 0.05) is 43.3 Å². The molecule has 27 heavy (non-hydrogen) atoms. The standard InChI is InChI=1S/C22H27ClN2O2/c1-16-12-24(14-18-7-9-20(10-8-18)22(26)27-3)13-17(2)25(16)15-19-5-4-6-21(23)11-19/h4-11,16-17H,12-15H2,1-3H3/t16-,17+. The van der Waals surface area contributed by atoms with Crippen molar-refractivity contribution in [1.29, 1.82) is 0 Å². The van der Waals surface area contributed by atoms with Gasteiger partial charge in [0.15, 0.2) is 0 Å². The van der Waals surface area contributed by atoms with Gasteiger partial charge in [-0.05, 0) is 49.2 Å². The van der Waals surface area contributed by atoms with Gasteiger partial charge in [0.05, 0.1) is 12.7 Å². The maximum absolute atomic E-state index is 11.6. The van der Waals surface area contributed by atoms with E-state index in [1.807, 2.05) is 36.4 Å². The number of carbonyl (C=O) groups excluding carboxylic acids is 1. The zero-order valence-electron chi connectivity index (χ0n) is 16.2. The number of carbonyl (C=O) groups is 1. The highest BCUT2D eigenvalue weighted by molar-refractivity contribution is 6.30. The number of esters is 1. The van der Waals surface area contributed by atoms with Crippen LogP contribution >= 0.6 is 11.6 Å². The summed E-state index contributed by atoms with van der Waals surface area (Å²) in [6.45, 7) is 8.42. The fourth-order valence-corrected chi connectivity index (χ4v) is 4.09. The molecule has 0 bridgehead atoms. The van der Waals surface area contributed by atoms with Crippen molar-refractivity contribution >= 4 is 17.6 Å². The number of methoxy groups -OCH3 is 1. The van der Waals surface area contributed by atoms with E-state index in [0.29, 0.717) is 17.6 Å². The normalized spacial score (nSPS) is 21.2. The van der Waals surface area contributed by atoms with Gasteiger partial charge in [-0.1, -0.05) is 35.9 Å². The molecule has 3 rings (SSSR count). The number of halogens is 1. The van der Waals surface area contributed by atoms with E-state index in [-0.39, 0.29) is 5.97 Å². The maximum atomic E-state index is 11.6. The summed E-state index contributed by atoms with van der Waals surface area (Å²) in [5.41, 5.74) is 3.06. The Labute approximate surface area is 166 Å². The first-order chi connectivity index (χ1) is 13.0. The largest absolute Gasteiger partial charge is 0.465 e. The molecule has 1 saturated heterocycles. The summed E-state index contributed by atoms with van der Waals surface area (Å²) in [5.74, 6) is -0.293. The average molecular weight is 387 g/mol. The molecule has 4 nitrogen and oxygen atoms in total. The molecule has 2 aromatic rings. The van der Waals surface area contributed by atoms with E-state index < -0.39 is 0 Å². The third kappa shape index (κ3) is 5.10. The molecule has 0 spiro atoms. The van der Waals surface area contributed by atoms with Gasteiger partial charge in [0.2, 0.25) is 0 Å². The van der Waals surface area contributed by atoms with Crippen LogP contribution in [0.5, 0.6) is 0 Å². The lowest BCUT2D eigenvalue weighted by Crippen LogP contribution is -2.55. The quantitative estimate of drug-likeness (QED) is 0.720. The fourth-order valence-electron chi connectivity index (χ4n) is 3.88. The van der Waals surface area contributed by atoms with E-state index in [1.165, 1.54) is 18.2 Å². The minimum Gasteiger partial charge on any atom is -0.465 e. The van der Waals surface area contributed by atoms with Crippen LogP contribution in [0.15, 0.2) is 48.5 Å². The van der Waals surface area contributed by atoms with Gasteiger partial charge in [0.25, 0.3) is 0 Å². The van der Waals surface area contributed by atoms with Gasteiger partial charge >= 0.3 is 5.97 Å². The first-order valence-electron chi connectivity index (χ1n) is 9.36. The van der Waals surface area contributed by atoms with Crippen molar-refractivity contribution < 1.29 is 9.53 Å². The number of ether oxygens (including phenoxy) is 1. The SMILES string of the molecule is COC(=O)c1ccc(CN2C[C@@H](C)N(Cc3cccc(Cl)c3)[C@@H](C)C2)cc1. The lowest BCUT2D eigenvalue weighted by atomic mass is 10.0. The molecule has 144 valence electrons. The summed E-state index contributed by atoms with van der Waals surface area (Å²) in [6, 6.07) is 16.7. The van der Waals surface area contributed by atoms with Crippen LogP contribution < -0.4 is 0 Å².